The number of carbonyl (C=O) groups excluding carboxylic acids is 1. The van der Waals surface area contributed by atoms with Gasteiger partial charge in [-0.1, -0.05) is 0 Å². The molecule has 0 spiro atoms. The van der Waals surface area contributed by atoms with Crippen LogP contribution in [-0.2, 0) is 6.42 Å². The van der Waals surface area contributed by atoms with Crippen LogP contribution in [0, 0.1) is 11.6 Å². The zero-order valence-corrected chi connectivity index (χ0v) is 15.6. The van der Waals surface area contributed by atoms with Crippen molar-refractivity contribution in [2.45, 2.75) is 13.3 Å². The van der Waals surface area contributed by atoms with Crippen LogP contribution in [0.1, 0.15) is 22.8 Å². The number of hydrogen-bond donors (Lipinski definition) is 4. The van der Waals surface area contributed by atoms with Gasteiger partial charge in [0.05, 0.1) is 0 Å². The minimum absolute atomic E-state index is 0.0998. The standard InChI is InChI=1S/C20H24F2N4O2/c1-2-23-20(25-10-9-15-13-16(21)5-8-18(15)22)26-12-11-24-19(28)14-3-6-17(27)7-4-14/h3-8,13,27H,2,9-12H2,1H3,(H,24,28)(H2,23,25,26). The largest absolute Gasteiger partial charge is 0.508 e. The zero-order chi connectivity index (χ0) is 20.4. The van der Waals surface area contributed by atoms with Gasteiger partial charge >= 0.3 is 0 Å². The molecule has 28 heavy (non-hydrogen) atoms. The second-order valence-electron chi connectivity index (χ2n) is 5.98. The van der Waals surface area contributed by atoms with Gasteiger partial charge in [-0.05, 0) is 61.4 Å². The van der Waals surface area contributed by atoms with E-state index in [0.29, 0.717) is 31.2 Å². The van der Waals surface area contributed by atoms with Gasteiger partial charge in [-0.3, -0.25) is 9.79 Å². The topological polar surface area (TPSA) is 85.8 Å². The molecule has 0 fully saturated rings. The molecule has 0 aliphatic heterocycles. The first-order valence-electron chi connectivity index (χ1n) is 9.03. The highest BCUT2D eigenvalue weighted by molar-refractivity contribution is 5.94. The molecule has 1 amide bonds. The lowest BCUT2D eigenvalue weighted by molar-refractivity contribution is 0.0954. The first-order chi connectivity index (χ1) is 13.5. The highest BCUT2D eigenvalue weighted by atomic mass is 19.1. The van der Waals surface area contributed by atoms with Gasteiger partial charge in [0.1, 0.15) is 17.4 Å². The SMILES string of the molecule is CCNC(=NCCc1cc(F)ccc1F)NCCNC(=O)c1ccc(O)cc1. The Labute approximate surface area is 162 Å². The number of hydrogen-bond acceptors (Lipinski definition) is 3. The highest BCUT2D eigenvalue weighted by Crippen LogP contribution is 2.10. The highest BCUT2D eigenvalue weighted by Gasteiger charge is 2.06. The van der Waals surface area contributed by atoms with E-state index in [1.165, 1.54) is 30.3 Å². The number of halogens is 2. The van der Waals surface area contributed by atoms with Crippen LogP contribution in [0.4, 0.5) is 8.78 Å². The number of aromatic hydroxyl groups is 1. The summed E-state index contributed by atoms with van der Waals surface area (Å²) in [5.74, 6) is -0.548. The molecular weight excluding hydrogens is 366 g/mol. The van der Waals surface area contributed by atoms with Gasteiger partial charge in [0.2, 0.25) is 0 Å². The molecule has 2 aromatic carbocycles. The molecule has 0 heterocycles. The predicted octanol–water partition coefficient (Wildman–Crippen LogP) is 2.20. The van der Waals surface area contributed by atoms with Crippen LogP contribution in [0.2, 0.25) is 0 Å². The minimum Gasteiger partial charge on any atom is -0.508 e. The maximum absolute atomic E-state index is 13.6. The lowest BCUT2D eigenvalue weighted by Gasteiger charge is -2.12. The van der Waals surface area contributed by atoms with Crippen molar-refractivity contribution in [1.29, 1.82) is 0 Å². The third-order valence-corrected chi connectivity index (χ3v) is 3.84. The van der Waals surface area contributed by atoms with Gasteiger partial charge in [0.25, 0.3) is 5.91 Å². The number of aliphatic imine (C=N–C) groups is 1. The van der Waals surface area contributed by atoms with Gasteiger partial charge in [0.15, 0.2) is 5.96 Å². The van der Waals surface area contributed by atoms with Crippen LogP contribution < -0.4 is 16.0 Å². The summed E-state index contributed by atoms with van der Waals surface area (Å²) >= 11 is 0. The number of phenols is 1. The second-order valence-corrected chi connectivity index (χ2v) is 5.98. The third-order valence-electron chi connectivity index (χ3n) is 3.84. The van der Waals surface area contributed by atoms with Gasteiger partial charge < -0.3 is 21.1 Å². The number of rotatable bonds is 8. The Hall–Kier alpha value is -3.16. The van der Waals surface area contributed by atoms with Crippen molar-refractivity contribution in [3.63, 3.8) is 0 Å². The molecule has 150 valence electrons. The van der Waals surface area contributed by atoms with Crippen molar-refractivity contribution in [1.82, 2.24) is 16.0 Å². The lowest BCUT2D eigenvalue weighted by Crippen LogP contribution is -2.41. The van der Waals surface area contributed by atoms with E-state index in [0.717, 1.165) is 12.1 Å². The van der Waals surface area contributed by atoms with Gasteiger partial charge in [0, 0.05) is 31.7 Å². The van der Waals surface area contributed by atoms with E-state index in [2.05, 4.69) is 20.9 Å². The summed E-state index contributed by atoms with van der Waals surface area (Å²) in [6.07, 6.45) is 0.276. The average molecular weight is 390 g/mol. The summed E-state index contributed by atoms with van der Waals surface area (Å²) in [5.41, 5.74) is 0.733. The van der Waals surface area contributed by atoms with Crippen LogP contribution in [0.15, 0.2) is 47.5 Å². The van der Waals surface area contributed by atoms with Gasteiger partial charge in [-0.15, -0.1) is 0 Å². The molecule has 6 nitrogen and oxygen atoms in total. The van der Waals surface area contributed by atoms with Crippen molar-refractivity contribution in [2.75, 3.05) is 26.2 Å². The Morgan fingerprint density at radius 2 is 1.75 bits per heavy atom. The Bertz CT molecular complexity index is 810. The summed E-state index contributed by atoms with van der Waals surface area (Å²) in [5, 5.41) is 18.1. The number of guanidine groups is 1. The molecule has 0 aromatic heterocycles. The molecule has 4 N–H and O–H groups in total. The van der Waals surface area contributed by atoms with E-state index in [9.17, 15) is 18.7 Å². The van der Waals surface area contributed by atoms with Crippen molar-refractivity contribution in [3.05, 3.63) is 65.2 Å². The maximum Gasteiger partial charge on any atom is 0.251 e. The fourth-order valence-electron chi connectivity index (χ4n) is 2.44. The first-order valence-corrected chi connectivity index (χ1v) is 9.03. The van der Waals surface area contributed by atoms with E-state index in [-0.39, 0.29) is 30.2 Å². The molecule has 0 atom stereocenters. The molecule has 0 saturated carbocycles. The van der Waals surface area contributed by atoms with E-state index in [1.807, 2.05) is 6.92 Å². The molecule has 0 bridgehead atoms. The fraction of sp³-hybridized carbons (Fsp3) is 0.300. The molecule has 0 radical (unpaired) electrons. The first kappa shape index (κ1) is 21.1. The number of amides is 1. The van der Waals surface area contributed by atoms with Crippen LogP contribution in [-0.4, -0.2) is 43.2 Å². The minimum atomic E-state index is -0.477. The molecule has 0 saturated heterocycles. The summed E-state index contributed by atoms with van der Waals surface area (Å²) in [6, 6.07) is 9.33. The molecule has 0 unspecified atom stereocenters. The van der Waals surface area contributed by atoms with Crippen LogP contribution in [0.25, 0.3) is 0 Å². The van der Waals surface area contributed by atoms with Crippen molar-refractivity contribution in [2.24, 2.45) is 4.99 Å². The molecule has 8 heteroatoms. The van der Waals surface area contributed by atoms with Crippen LogP contribution in [0.5, 0.6) is 5.75 Å². The maximum atomic E-state index is 13.6. The average Bonchev–Trinajstić information content (AvgIpc) is 2.68. The lowest BCUT2D eigenvalue weighted by atomic mass is 10.1. The summed E-state index contributed by atoms with van der Waals surface area (Å²) in [6.45, 7) is 3.64. The number of nitrogens with zero attached hydrogens (tertiary/aromatic N) is 1. The zero-order valence-electron chi connectivity index (χ0n) is 15.6. The Morgan fingerprint density at radius 1 is 1.04 bits per heavy atom. The van der Waals surface area contributed by atoms with E-state index in [1.54, 1.807) is 0 Å². The van der Waals surface area contributed by atoms with Crippen molar-refractivity contribution >= 4 is 11.9 Å². The fourth-order valence-corrected chi connectivity index (χ4v) is 2.44. The Balaban J connectivity index is 1.78. The van der Waals surface area contributed by atoms with Crippen LogP contribution >= 0.6 is 0 Å². The predicted molar refractivity (Wildman–Crippen MR) is 104 cm³/mol. The van der Waals surface area contributed by atoms with E-state index >= 15 is 0 Å². The van der Waals surface area contributed by atoms with E-state index < -0.39 is 11.6 Å². The molecule has 2 rings (SSSR count). The van der Waals surface area contributed by atoms with E-state index in [4.69, 9.17) is 0 Å². The molecular formula is C20H24F2N4O2. The second kappa shape index (κ2) is 10.9. The van der Waals surface area contributed by atoms with Crippen molar-refractivity contribution < 1.29 is 18.7 Å². The third kappa shape index (κ3) is 6.86. The summed E-state index contributed by atoms with van der Waals surface area (Å²) in [4.78, 5) is 16.3. The molecule has 0 aliphatic carbocycles. The number of carbonyl (C=O) groups is 1. The summed E-state index contributed by atoms with van der Waals surface area (Å²) in [7, 11) is 0. The van der Waals surface area contributed by atoms with Gasteiger partial charge in [-0.2, -0.15) is 0 Å². The quantitative estimate of drug-likeness (QED) is 0.316. The number of benzene rings is 2. The Morgan fingerprint density at radius 3 is 2.46 bits per heavy atom. The Kier molecular flexibility index (Phi) is 8.20. The van der Waals surface area contributed by atoms with Gasteiger partial charge in [-0.25, -0.2) is 8.78 Å². The monoisotopic (exact) mass is 390 g/mol. The number of nitrogens with one attached hydrogen (secondary N) is 3. The smallest absolute Gasteiger partial charge is 0.251 e. The normalized spacial score (nSPS) is 11.2. The van der Waals surface area contributed by atoms with Crippen molar-refractivity contribution in [3.8, 4) is 5.75 Å². The molecule has 0 aliphatic rings. The summed E-state index contributed by atoms with van der Waals surface area (Å²) < 4.78 is 26.8. The number of phenolic OH excluding ortho intramolecular Hbond substituents is 1. The van der Waals surface area contributed by atoms with Crippen LogP contribution in [0.3, 0.4) is 0 Å². The molecule has 2 aromatic rings.